The van der Waals surface area contributed by atoms with Crippen LogP contribution in [0.15, 0.2) is 42.7 Å². The predicted octanol–water partition coefficient (Wildman–Crippen LogP) is 2.14. The van der Waals surface area contributed by atoms with E-state index in [2.05, 4.69) is 4.98 Å². The zero-order valence-electron chi connectivity index (χ0n) is 12.2. The highest BCUT2D eigenvalue weighted by Gasteiger charge is 2.14. The molecule has 0 aliphatic heterocycles. The molecule has 0 amide bonds. The van der Waals surface area contributed by atoms with Crippen LogP contribution in [0.4, 0.5) is 0 Å². The number of hydrogen-bond acceptors (Lipinski definition) is 6. The van der Waals surface area contributed by atoms with E-state index in [-0.39, 0.29) is 12.4 Å². The molecule has 0 spiro atoms. The van der Waals surface area contributed by atoms with Crippen molar-refractivity contribution in [2.75, 3.05) is 20.8 Å². The van der Waals surface area contributed by atoms with Gasteiger partial charge in [0, 0.05) is 18.0 Å². The lowest BCUT2D eigenvalue weighted by atomic mass is 10.1. The first-order valence-corrected chi connectivity index (χ1v) is 6.48. The van der Waals surface area contributed by atoms with Crippen molar-refractivity contribution in [3.05, 3.63) is 53.9 Å². The Bertz CT molecular complexity index is 669. The van der Waals surface area contributed by atoms with E-state index in [1.165, 1.54) is 38.7 Å². The highest BCUT2D eigenvalue weighted by Crippen LogP contribution is 2.27. The van der Waals surface area contributed by atoms with E-state index in [0.717, 1.165) is 0 Å². The van der Waals surface area contributed by atoms with Crippen LogP contribution in [0.25, 0.3) is 0 Å². The summed E-state index contributed by atoms with van der Waals surface area (Å²) in [6.07, 6.45) is 2.96. The molecule has 1 aromatic heterocycles. The van der Waals surface area contributed by atoms with Crippen molar-refractivity contribution in [3.8, 4) is 11.5 Å². The summed E-state index contributed by atoms with van der Waals surface area (Å²) in [4.78, 5) is 27.6. The first kappa shape index (κ1) is 15.5. The number of ketones is 1. The first-order valence-electron chi connectivity index (χ1n) is 6.48. The van der Waals surface area contributed by atoms with E-state index in [1.54, 1.807) is 18.2 Å². The number of aromatic nitrogens is 1. The molecule has 0 saturated heterocycles. The number of carbonyl (C=O) groups is 2. The summed E-state index contributed by atoms with van der Waals surface area (Å²) < 4.78 is 15.2. The zero-order valence-corrected chi connectivity index (χ0v) is 12.2. The van der Waals surface area contributed by atoms with Gasteiger partial charge >= 0.3 is 5.97 Å². The first-order chi connectivity index (χ1) is 10.7. The molecule has 0 unspecified atom stereocenters. The Labute approximate surface area is 127 Å². The van der Waals surface area contributed by atoms with Crippen LogP contribution in [0, 0.1) is 0 Å². The Balaban J connectivity index is 2.02. The second kappa shape index (κ2) is 7.21. The van der Waals surface area contributed by atoms with Gasteiger partial charge in [0.05, 0.1) is 19.8 Å². The van der Waals surface area contributed by atoms with Crippen LogP contribution in [0.3, 0.4) is 0 Å². The van der Waals surface area contributed by atoms with Crippen molar-refractivity contribution >= 4 is 11.8 Å². The SMILES string of the molecule is COc1ccc(C(=O)COC(=O)c2ccncc2)cc1OC. The Kier molecular flexibility index (Phi) is 5.08. The lowest BCUT2D eigenvalue weighted by Crippen LogP contribution is -2.14. The fourth-order valence-corrected chi connectivity index (χ4v) is 1.80. The van der Waals surface area contributed by atoms with E-state index in [1.807, 2.05) is 0 Å². The standard InChI is InChI=1S/C16H15NO5/c1-20-14-4-3-12(9-15(14)21-2)13(18)10-22-16(19)11-5-7-17-8-6-11/h3-9H,10H2,1-2H3. The molecule has 0 N–H and O–H groups in total. The summed E-state index contributed by atoms with van der Waals surface area (Å²) >= 11 is 0. The number of esters is 1. The molecule has 114 valence electrons. The maximum Gasteiger partial charge on any atom is 0.338 e. The topological polar surface area (TPSA) is 74.7 Å². The summed E-state index contributed by atoms with van der Waals surface area (Å²) in [5.74, 6) is 0.0567. The van der Waals surface area contributed by atoms with E-state index < -0.39 is 5.97 Å². The van der Waals surface area contributed by atoms with Crippen molar-refractivity contribution in [2.45, 2.75) is 0 Å². The Hall–Kier alpha value is -2.89. The number of carbonyl (C=O) groups excluding carboxylic acids is 2. The molecule has 0 aliphatic rings. The number of pyridine rings is 1. The molecule has 6 nitrogen and oxygen atoms in total. The van der Waals surface area contributed by atoms with Gasteiger partial charge in [-0.3, -0.25) is 9.78 Å². The number of nitrogens with zero attached hydrogens (tertiary/aromatic N) is 1. The molecule has 0 saturated carbocycles. The van der Waals surface area contributed by atoms with Gasteiger partial charge in [0.2, 0.25) is 0 Å². The highest BCUT2D eigenvalue weighted by atomic mass is 16.5. The lowest BCUT2D eigenvalue weighted by molar-refractivity contribution is 0.0474. The van der Waals surface area contributed by atoms with Crippen molar-refractivity contribution in [1.29, 1.82) is 0 Å². The average molecular weight is 301 g/mol. The Morgan fingerprint density at radius 2 is 1.64 bits per heavy atom. The average Bonchev–Trinajstić information content (AvgIpc) is 2.59. The van der Waals surface area contributed by atoms with Gasteiger partial charge < -0.3 is 14.2 Å². The monoisotopic (exact) mass is 301 g/mol. The van der Waals surface area contributed by atoms with Gasteiger partial charge in [-0.05, 0) is 30.3 Å². The number of Topliss-reactive ketones (excluding diaryl/α,β-unsaturated/α-hetero) is 1. The fraction of sp³-hybridized carbons (Fsp3) is 0.188. The van der Waals surface area contributed by atoms with E-state index in [9.17, 15) is 9.59 Å². The normalized spacial score (nSPS) is 9.91. The summed E-state index contributed by atoms with van der Waals surface area (Å²) in [6, 6.07) is 7.79. The van der Waals surface area contributed by atoms with Crippen molar-refractivity contribution in [2.24, 2.45) is 0 Å². The molecule has 0 bridgehead atoms. The minimum absolute atomic E-state index is 0.330. The summed E-state index contributed by atoms with van der Waals surface area (Å²) in [5.41, 5.74) is 0.718. The summed E-state index contributed by atoms with van der Waals surface area (Å²) in [5, 5.41) is 0. The quantitative estimate of drug-likeness (QED) is 0.601. The molecule has 0 fully saturated rings. The van der Waals surface area contributed by atoms with Crippen LogP contribution in [-0.4, -0.2) is 37.6 Å². The summed E-state index contributed by atoms with van der Waals surface area (Å²) in [7, 11) is 2.99. The van der Waals surface area contributed by atoms with Crippen LogP contribution < -0.4 is 9.47 Å². The molecule has 0 atom stereocenters. The molecule has 22 heavy (non-hydrogen) atoms. The van der Waals surface area contributed by atoms with E-state index in [4.69, 9.17) is 14.2 Å². The fourth-order valence-electron chi connectivity index (χ4n) is 1.80. The van der Waals surface area contributed by atoms with Crippen molar-refractivity contribution in [3.63, 3.8) is 0 Å². The number of methoxy groups -OCH3 is 2. The van der Waals surface area contributed by atoms with Crippen LogP contribution in [-0.2, 0) is 4.74 Å². The Morgan fingerprint density at radius 3 is 2.27 bits per heavy atom. The van der Waals surface area contributed by atoms with Crippen molar-refractivity contribution < 1.29 is 23.8 Å². The third-order valence-corrected chi connectivity index (χ3v) is 2.96. The summed E-state index contributed by atoms with van der Waals surface area (Å²) in [6.45, 7) is -0.351. The number of hydrogen-bond donors (Lipinski definition) is 0. The number of ether oxygens (including phenoxy) is 3. The smallest absolute Gasteiger partial charge is 0.338 e. The molecule has 0 aliphatic carbocycles. The molecule has 2 rings (SSSR count). The molecule has 2 aromatic rings. The van der Waals surface area contributed by atoms with Crippen LogP contribution in [0.1, 0.15) is 20.7 Å². The maximum absolute atomic E-state index is 12.1. The molecule has 1 aromatic carbocycles. The van der Waals surface area contributed by atoms with E-state index in [0.29, 0.717) is 22.6 Å². The third kappa shape index (κ3) is 3.60. The number of benzene rings is 1. The minimum atomic E-state index is -0.573. The van der Waals surface area contributed by atoms with Gasteiger partial charge in [-0.1, -0.05) is 0 Å². The minimum Gasteiger partial charge on any atom is -0.493 e. The Morgan fingerprint density at radius 1 is 0.955 bits per heavy atom. The second-order valence-corrected chi connectivity index (χ2v) is 4.30. The van der Waals surface area contributed by atoms with E-state index >= 15 is 0 Å². The molecule has 6 heteroatoms. The van der Waals surface area contributed by atoms with Crippen LogP contribution in [0.5, 0.6) is 11.5 Å². The van der Waals surface area contributed by atoms with Gasteiger partial charge in [-0.25, -0.2) is 4.79 Å². The number of rotatable bonds is 6. The van der Waals surface area contributed by atoms with Crippen molar-refractivity contribution in [1.82, 2.24) is 4.98 Å². The highest BCUT2D eigenvalue weighted by molar-refractivity contribution is 5.99. The maximum atomic E-state index is 12.1. The van der Waals surface area contributed by atoms with Gasteiger partial charge in [-0.2, -0.15) is 0 Å². The molecular weight excluding hydrogens is 286 g/mol. The largest absolute Gasteiger partial charge is 0.493 e. The third-order valence-electron chi connectivity index (χ3n) is 2.96. The van der Waals surface area contributed by atoms with Crippen LogP contribution in [0.2, 0.25) is 0 Å². The van der Waals surface area contributed by atoms with Crippen LogP contribution >= 0.6 is 0 Å². The second-order valence-electron chi connectivity index (χ2n) is 4.30. The molecule has 1 heterocycles. The molecule has 0 radical (unpaired) electrons. The van der Waals surface area contributed by atoms with Gasteiger partial charge in [-0.15, -0.1) is 0 Å². The van der Waals surface area contributed by atoms with Gasteiger partial charge in [0.25, 0.3) is 0 Å². The zero-order chi connectivity index (χ0) is 15.9. The molecular formula is C16H15NO5. The van der Waals surface area contributed by atoms with Gasteiger partial charge in [0.15, 0.2) is 23.9 Å². The predicted molar refractivity (Wildman–Crippen MR) is 78.4 cm³/mol. The lowest BCUT2D eigenvalue weighted by Gasteiger charge is -2.09. The van der Waals surface area contributed by atoms with Gasteiger partial charge in [0.1, 0.15) is 0 Å².